The van der Waals surface area contributed by atoms with Crippen LogP contribution in [0.15, 0.2) is 60.9 Å². The Kier molecular flexibility index (Phi) is 7.80. The zero-order chi connectivity index (χ0) is 25.3. The van der Waals surface area contributed by atoms with Crippen molar-refractivity contribution in [1.29, 1.82) is 0 Å². The molecule has 4 rings (SSSR count). The number of nitrogens with zero attached hydrogens (tertiary/aromatic N) is 6. The molecule has 1 aliphatic rings. The molecule has 1 aliphatic heterocycles. The van der Waals surface area contributed by atoms with Crippen LogP contribution < -0.4 is 10.6 Å². The molecule has 0 radical (unpaired) electrons. The highest BCUT2D eigenvalue weighted by atomic mass is 16.5. The van der Waals surface area contributed by atoms with Gasteiger partial charge in [-0.15, -0.1) is 5.10 Å². The Hall–Kier alpha value is -4.81. The van der Waals surface area contributed by atoms with Crippen LogP contribution in [0.5, 0.6) is 0 Å². The van der Waals surface area contributed by atoms with E-state index in [2.05, 4.69) is 26.2 Å². The second kappa shape index (κ2) is 11.6. The number of carbonyl (C=O) groups excluding carboxylic acids is 4. The van der Waals surface area contributed by atoms with E-state index in [9.17, 15) is 19.2 Å². The molecule has 2 heterocycles. The quantitative estimate of drug-likeness (QED) is 0.461. The van der Waals surface area contributed by atoms with E-state index in [1.54, 1.807) is 40.1 Å². The van der Waals surface area contributed by atoms with Crippen LogP contribution in [0.1, 0.15) is 10.4 Å². The fraction of sp³-hybridized carbons (Fsp3) is 0.261. The third kappa shape index (κ3) is 6.40. The number of benzene rings is 2. The van der Waals surface area contributed by atoms with Gasteiger partial charge in [-0.2, -0.15) is 0 Å². The molecule has 2 N–H and O–H groups in total. The highest BCUT2D eigenvalue weighted by Gasteiger charge is 2.25. The van der Waals surface area contributed by atoms with Gasteiger partial charge in [0.25, 0.3) is 5.91 Å². The Bertz CT molecular complexity index is 1210. The number of anilines is 2. The molecule has 0 atom stereocenters. The van der Waals surface area contributed by atoms with Crippen LogP contribution in [0.25, 0.3) is 0 Å². The number of nitrogens with one attached hydrogen (secondary N) is 2. The first kappa shape index (κ1) is 24.3. The first-order valence-corrected chi connectivity index (χ1v) is 11.1. The predicted molar refractivity (Wildman–Crippen MR) is 127 cm³/mol. The lowest BCUT2D eigenvalue weighted by atomic mass is 10.2. The number of piperazine rings is 1. The number of tetrazole rings is 1. The molecule has 0 saturated carbocycles. The van der Waals surface area contributed by atoms with Crippen molar-refractivity contribution in [3.63, 3.8) is 0 Å². The molecule has 36 heavy (non-hydrogen) atoms. The molecule has 186 valence electrons. The Morgan fingerprint density at radius 2 is 1.56 bits per heavy atom. The number of amides is 4. The highest BCUT2D eigenvalue weighted by Crippen LogP contribution is 2.17. The second-order valence-corrected chi connectivity index (χ2v) is 7.84. The Labute approximate surface area is 206 Å². The SMILES string of the molecule is O=C(Cn1cnnn1)Nc1ccccc1C(=O)OCC(=O)N1CCN(C(=O)Nc2ccccc2)CC1. The van der Waals surface area contributed by atoms with Gasteiger partial charge in [0.2, 0.25) is 5.91 Å². The number of ether oxygens (including phenoxy) is 1. The number of esters is 1. The van der Waals surface area contributed by atoms with E-state index >= 15 is 0 Å². The van der Waals surface area contributed by atoms with Gasteiger partial charge in [0.1, 0.15) is 12.9 Å². The zero-order valence-corrected chi connectivity index (χ0v) is 19.2. The molecule has 13 nitrogen and oxygen atoms in total. The smallest absolute Gasteiger partial charge is 0.340 e. The lowest BCUT2D eigenvalue weighted by Crippen LogP contribution is -2.52. The van der Waals surface area contributed by atoms with Crippen molar-refractivity contribution >= 4 is 35.2 Å². The number of urea groups is 1. The molecule has 0 aliphatic carbocycles. The predicted octanol–water partition coefficient (Wildman–Crippen LogP) is 0.845. The van der Waals surface area contributed by atoms with Crippen molar-refractivity contribution in [3.05, 3.63) is 66.5 Å². The van der Waals surface area contributed by atoms with Crippen LogP contribution in [0.3, 0.4) is 0 Å². The van der Waals surface area contributed by atoms with Gasteiger partial charge in [-0.1, -0.05) is 30.3 Å². The van der Waals surface area contributed by atoms with Crippen molar-refractivity contribution in [1.82, 2.24) is 30.0 Å². The van der Waals surface area contributed by atoms with Crippen LogP contribution in [0, 0.1) is 0 Å². The molecule has 1 saturated heterocycles. The van der Waals surface area contributed by atoms with Crippen LogP contribution in [-0.4, -0.2) is 86.6 Å². The summed E-state index contributed by atoms with van der Waals surface area (Å²) in [5.74, 6) is -1.55. The number of hydrogen-bond donors (Lipinski definition) is 2. The summed E-state index contributed by atoms with van der Waals surface area (Å²) in [6.07, 6.45) is 1.29. The third-order valence-electron chi connectivity index (χ3n) is 5.39. The standard InChI is InChI=1S/C23H24N8O5/c32-20(14-31-16-24-27-28-31)26-19-9-5-4-8-18(19)22(34)36-15-21(33)29-10-12-30(13-11-29)23(35)25-17-6-2-1-3-7-17/h1-9,16H,10-15H2,(H,25,35)(H,26,32). The van der Waals surface area contributed by atoms with Gasteiger partial charge >= 0.3 is 12.0 Å². The molecule has 1 fully saturated rings. The summed E-state index contributed by atoms with van der Waals surface area (Å²) in [6, 6.07) is 15.2. The summed E-state index contributed by atoms with van der Waals surface area (Å²) in [7, 11) is 0. The van der Waals surface area contributed by atoms with Crippen molar-refractivity contribution in [2.75, 3.05) is 43.4 Å². The van der Waals surface area contributed by atoms with Crippen LogP contribution in [0.4, 0.5) is 16.2 Å². The maximum absolute atomic E-state index is 12.6. The number of hydrogen-bond acceptors (Lipinski definition) is 8. The van der Waals surface area contributed by atoms with Gasteiger partial charge in [0.15, 0.2) is 6.61 Å². The van der Waals surface area contributed by atoms with E-state index < -0.39 is 18.5 Å². The van der Waals surface area contributed by atoms with Crippen molar-refractivity contribution in [2.45, 2.75) is 6.54 Å². The zero-order valence-electron chi connectivity index (χ0n) is 19.2. The molecule has 2 aromatic carbocycles. The molecule has 0 unspecified atom stereocenters. The maximum Gasteiger partial charge on any atom is 0.340 e. The minimum Gasteiger partial charge on any atom is -0.452 e. The largest absolute Gasteiger partial charge is 0.452 e. The van der Waals surface area contributed by atoms with Crippen molar-refractivity contribution in [3.8, 4) is 0 Å². The van der Waals surface area contributed by atoms with E-state index in [0.717, 1.165) is 0 Å². The molecule has 3 aromatic rings. The van der Waals surface area contributed by atoms with E-state index in [0.29, 0.717) is 31.9 Å². The van der Waals surface area contributed by atoms with Crippen molar-refractivity contribution < 1.29 is 23.9 Å². The fourth-order valence-corrected chi connectivity index (χ4v) is 3.54. The topological polar surface area (TPSA) is 152 Å². The fourth-order valence-electron chi connectivity index (χ4n) is 3.54. The first-order valence-electron chi connectivity index (χ1n) is 11.1. The summed E-state index contributed by atoms with van der Waals surface area (Å²) in [4.78, 5) is 53.0. The normalized spacial score (nSPS) is 13.1. The highest BCUT2D eigenvalue weighted by molar-refractivity contribution is 6.01. The minimum absolute atomic E-state index is 0.109. The monoisotopic (exact) mass is 492 g/mol. The third-order valence-corrected chi connectivity index (χ3v) is 5.39. The molecular weight excluding hydrogens is 468 g/mol. The average Bonchev–Trinajstić information content (AvgIpc) is 3.41. The molecule has 0 spiro atoms. The van der Waals surface area contributed by atoms with Gasteiger partial charge in [-0.25, -0.2) is 14.3 Å². The van der Waals surface area contributed by atoms with Gasteiger partial charge in [-0.05, 0) is 34.7 Å². The number of para-hydroxylation sites is 2. The Balaban J connectivity index is 1.24. The summed E-state index contributed by atoms with van der Waals surface area (Å²) < 4.78 is 6.45. The lowest BCUT2D eigenvalue weighted by Gasteiger charge is -2.34. The summed E-state index contributed by atoms with van der Waals surface area (Å²) in [5, 5.41) is 16.0. The first-order chi connectivity index (χ1) is 17.5. The molecule has 13 heteroatoms. The maximum atomic E-state index is 12.6. The second-order valence-electron chi connectivity index (χ2n) is 7.84. The molecule has 4 amide bonds. The van der Waals surface area contributed by atoms with Crippen LogP contribution in [0.2, 0.25) is 0 Å². The van der Waals surface area contributed by atoms with Crippen LogP contribution in [-0.2, 0) is 20.9 Å². The van der Waals surface area contributed by atoms with E-state index in [1.807, 2.05) is 18.2 Å². The van der Waals surface area contributed by atoms with Crippen LogP contribution >= 0.6 is 0 Å². The molecular formula is C23H24N8O5. The van der Waals surface area contributed by atoms with Gasteiger partial charge < -0.3 is 25.2 Å². The summed E-state index contributed by atoms with van der Waals surface area (Å²) >= 11 is 0. The minimum atomic E-state index is -0.748. The Morgan fingerprint density at radius 1 is 0.861 bits per heavy atom. The van der Waals surface area contributed by atoms with E-state index in [-0.39, 0.29) is 29.7 Å². The number of carbonyl (C=O) groups is 4. The lowest BCUT2D eigenvalue weighted by molar-refractivity contribution is -0.135. The van der Waals surface area contributed by atoms with Gasteiger partial charge in [0, 0.05) is 31.9 Å². The number of aromatic nitrogens is 4. The number of rotatable bonds is 7. The van der Waals surface area contributed by atoms with E-state index in [1.165, 1.54) is 17.1 Å². The molecule has 1 aromatic heterocycles. The van der Waals surface area contributed by atoms with Gasteiger partial charge in [-0.3, -0.25) is 9.59 Å². The molecule has 0 bridgehead atoms. The van der Waals surface area contributed by atoms with Crippen molar-refractivity contribution in [2.24, 2.45) is 0 Å². The van der Waals surface area contributed by atoms with E-state index in [4.69, 9.17) is 4.74 Å². The summed E-state index contributed by atoms with van der Waals surface area (Å²) in [5.41, 5.74) is 1.05. The average molecular weight is 492 g/mol. The van der Waals surface area contributed by atoms with Gasteiger partial charge in [0.05, 0.1) is 11.3 Å². The Morgan fingerprint density at radius 3 is 2.28 bits per heavy atom. The summed E-state index contributed by atoms with van der Waals surface area (Å²) in [6.45, 7) is 0.764.